The number of para-hydroxylation sites is 1. The van der Waals surface area contributed by atoms with Crippen LogP contribution in [-0.4, -0.2) is 60.2 Å². The first-order valence-corrected chi connectivity index (χ1v) is 6.91. The van der Waals surface area contributed by atoms with Crippen molar-refractivity contribution >= 4 is 0 Å². The Hall–Kier alpha value is -1.31. The largest absolute Gasteiger partial charge is 0.490 e. The van der Waals surface area contributed by atoms with Gasteiger partial charge in [-0.1, -0.05) is 18.2 Å². The van der Waals surface area contributed by atoms with Crippen LogP contribution in [0.3, 0.4) is 0 Å². The highest BCUT2D eigenvalue weighted by Gasteiger charge is 2.38. The molecule has 1 rings (SSSR count). The molecular formula is C15H22F3NO3. The SMILES string of the molecule is Cc1cccc(C)c1OCC(O)CN(C)CC(O)C(F)(F)F. The van der Waals surface area contributed by atoms with E-state index in [0.29, 0.717) is 5.75 Å². The highest BCUT2D eigenvalue weighted by Crippen LogP contribution is 2.23. The average molecular weight is 321 g/mol. The number of aliphatic hydroxyl groups is 2. The zero-order chi connectivity index (χ0) is 16.9. The summed E-state index contributed by atoms with van der Waals surface area (Å²) in [6.07, 6.45) is -8.04. The number of aliphatic hydroxyl groups excluding tert-OH is 2. The highest BCUT2D eigenvalue weighted by molar-refractivity contribution is 5.39. The van der Waals surface area contributed by atoms with Gasteiger partial charge in [0.2, 0.25) is 0 Å². The molecule has 22 heavy (non-hydrogen) atoms. The van der Waals surface area contributed by atoms with Gasteiger partial charge in [-0.25, -0.2) is 0 Å². The summed E-state index contributed by atoms with van der Waals surface area (Å²) < 4.78 is 42.3. The minimum Gasteiger partial charge on any atom is -0.490 e. The maximum atomic E-state index is 12.2. The molecule has 0 bridgehead atoms. The van der Waals surface area contributed by atoms with Gasteiger partial charge in [0, 0.05) is 13.1 Å². The van der Waals surface area contributed by atoms with E-state index in [2.05, 4.69) is 0 Å². The molecule has 0 aromatic heterocycles. The van der Waals surface area contributed by atoms with Crippen LogP contribution in [0.1, 0.15) is 11.1 Å². The molecule has 0 radical (unpaired) electrons. The normalized spacial score (nSPS) is 15.0. The van der Waals surface area contributed by atoms with Crippen molar-refractivity contribution < 1.29 is 28.1 Å². The van der Waals surface area contributed by atoms with Crippen molar-refractivity contribution in [2.45, 2.75) is 32.2 Å². The number of alkyl halides is 3. The molecule has 2 unspecified atom stereocenters. The summed E-state index contributed by atoms with van der Waals surface area (Å²) >= 11 is 0. The Kier molecular flexibility index (Phi) is 6.65. The fourth-order valence-electron chi connectivity index (χ4n) is 2.09. The van der Waals surface area contributed by atoms with E-state index in [1.807, 2.05) is 32.0 Å². The van der Waals surface area contributed by atoms with E-state index in [0.717, 1.165) is 11.1 Å². The fraction of sp³-hybridized carbons (Fsp3) is 0.600. The van der Waals surface area contributed by atoms with Gasteiger partial charge in [-0.2, -0.15) is 13.2 Å². The molecule has 0 spiro atoms. The van der Waals surface area contributed by atoms with Crippen LogP contribution in [0.4, 0.5) is 13.2 Å². The second-order valence-electron chi connectivity index (χ2n) is 5.46. The van der Waals surface area contributed by atoms with Crippen LogP contribution in [0.2, 0.25) is 0 Å². The second kappa shape index (κ2) is 7.80. The van der Waals surface area contributed by atoms with Gasteiger partial charge in [-0.05, 0) is 32.0 Å². The molecule has 0 aliphatic heterocycles. The van der Waals surface area contributed by atoms with Crippen LogP contribution in [0.25, 0.3) is 0 Å². The van der Waals surface area contributed by atoms with E-state index in [1.165, 1.54) is 11.9 Å². The van der Waals surface area contributed by atoms with Crippen LogP contribution < -0.4 is 4.74 Å². The second-order valence-corrected chi connectivity index (χ2v) is 5.46. The molecule has 0 aliphatic carbocycles. The van der Waals surface area contributed by atoms with E-state index >= 15 is 0 Å². The topological polar surface area (TPSA) is 52.9 Å². The summed E-state index contributed by atoms with van der Waals surface area (Å²) in [4.78, 5) is 1.22. The number of likely N-dealkylation sites (N-methyl/N-ethyl adjacent to an activating group) is 1. The third kappa shape index (κ3) is 5.82. The van der Waals surface area contributed by atoms with Crippen molar-refractivity contribution in [1.82, 2.24) is 4.90 Å². The molecule has 4 nitrogen and oxygen atoms in total. The van der Waals surface area contributed by atoms with Crippen LogP contribution in [-0.2, 0) is 0 Å². The van der Waals surface area contributed by atoms with E-state index in [1.54, 1.807) is 0 Å². The zero-order valence-corrected chi connectivity index (χ0v) is 12.9. The average Bonchev–Trinajstić information content (AvgIpc) is 2.36. The predicted molar refractivity (Wildman–Crippen MR) is 77.0 cm³/mol. The number of aryl methyl sites for hydroxylation is 2. The first-order valence-electron chi connectivity index (χ1n) is 6.91. The summed E-state index contributed by atoms with van der Waals surface area (Å²) in [7, 11) is 1.40. The van der Waals surface area contributed by atoms with Crippen LogP contribution in [0.15, 0.2) is 18.2 Å². The first-order chi connectivity index (χ1) is 10.1. The van der Waals surface area contributed by atoms with Crippen molar-refractivity contribution in [1.29, 1.82) is 0 Å². The van der Waals surface area contributed by atoms with E-state index in [9.17, 15) is 18.3 Å². The van der Waals surface area contributed by atoms with Gasteiger partial charge in [0.25, 0.3) is 0 Å². The van der Waals surface area contributed by atoms with Crippen molar-refractivity contribution in [3.8, 4) is 5.75 Å². The summed E-state index contributed by atoms with van der Waals surface area (Å²) in [5, 5.41) is 18.8. The van der Waals surface area contributed by atoms with Gasteiger partial charge in [-0.3, -0.25) is 0 Å². The van der Waals surface area contributed by atoms with Gasteiger partial charge in [-0.15, -0.1) is 0 Å². The molecule has 0 fully saturated rings. The number of rotatable bonds is 7. The molecule has 2 atom stereocenters. The fourth-order valence-corrected chi connectivity index (χ4v) is 2.09. The molecule has 0 amide bonds. The molecule has 1 aromatic carbocycles. The summed E-state index contributed by atoms with van der Waals surface area (Å²) in [5.74, 6) is 0.666. The van der Waals surface area contributed by atoms with Crippen molar-refractivity contribution in [2.75, 3.05) is 26.7 Å². The number of benzene rings is 1. The number of hydrogen-bond donors (Lipinski definition) is 2. The quantitative estimate of drug-likeness (QED) is 0.805. The Labute approximate surface area is 128 Å². The third-order valence-electron chi connectivity index (χ3n) is 3.21. The Balaban J connectivity index is 2.45. The molecule has 2 N–H and O–H groups in total. The van der Waals surface area contributed by atoms with Gasteiger partial charge in [0.1, 0.15) is 18.5 Å². The third-order valence-corrected chi connectivity index (χ3v) is 3.21. The molecule has 0 saturated carbocycles. The maximum absolute atomic E-state index is 12.2. The predicted octanol–water partition coefficient (Wildman–Crippen LogP) is 1.90. The Morgan fingerprint density at radius 2 is 1.68 bits per heavy atom. The minimum atomic E-state index is -4.66. The first kappa shape index (κ1) is 18.7. The lowest BCUT2D eigenvalue weighted by molar-refractivity contribution is -0.208. The van der Waals surface area contributed by atoms with Crippen molar-refractivity contribution in [3.63, 3.8) is 0 Å². The minimum absolute atomic E-state index is 0.0296. The van der Waals surface area contributed by atoms with Crippen molar-refractivity contribution in [3.05, 3.63) is 29.3 Å². The number of ether oxygens (including phenoxy) is 1. The highest BCUT2D eigenvalue weighted by atomic mass is 19.4. The molecule has 0 heterocycles. The molecule has 7 heteroatoms. The monoisotopic (exact) mass is 321 g/mol. The van der Waals surface area contributed by atoms with E-state index in [4.69, 9.17) is 9.84 Å². The van der Waals surface area contributed by atoms with Crippen molar-refractivity contribution in [2.24, 2.45) is 0 Å². The number of hydrogen-bond acceptors (Lipinski definition) is 4. The van der Waals surface area contributed by atoms with Gasteiger partial charge in [0.15, 0.2) is 6.10 Å². The standard InChI is InChI=1S/C15H22F3NO3/c1-10-5-4-6-11(2)14(10)22-9-12(20)7-19(3)8-13(21)15(16,17)18/h4-6,12-13,20-21H,7-9H2,1-3H3. The zero-order valence-electron chi connectivity index (χ0n) is 12.9. The molecule has 126 valence electrons. The van der Waals surface area contributed by atoms with E-state index < -0.39 is 24.9 Å². The Morgan fingerprint density at radius 1 is 1.14 bits per heavy atom. The lowest BCUT2D eigenvalue weighted by atomic mass is 10.1. The van der Waals surface area contributed by atoms with Gasteiger partial charge >= 0.3 is 6.18 Å². The number of halogens is 3. The number of nitrogens with zero attached hydrogens (tertiary/aromatic N) is 1. The molecule has 0 saturated heterocycles. The molecule has 0 aliphatic rings. The maximum Gasteiger partial charge on any atom is 0.415 e. The molecule has 1 aromatic rings. The van der Waals surface area contributed by atoms with Crippen LogP contribution in [0, 0.1) is 13.8 Å². The van der Waals surface area contributed by atoms with E-state index in [-0.39, 0.29) is 13.2 Å². The van der Waals surface area contributed by atoms with Crippen LogP contribution >= 0.6 is 0 Å². The van der Waals surface area contributed by atoms with Gasteiger partial charge < -0.3 is 19.8 Å². The van der Waals surface area contributed by atoms with Gasteiger partial charge in [0.05, 0.1) is 0 Å². The Morgan fingerprint density at radius 3 is 2.18 bits per heavy atom. The lowest BCUT2D eigenvalue weighted by Crippen LogP contribution is -2.42. The Bertz CT molecular complexity index is 459. The summed E-state index contributed by atoms with van der Waals surface area (Å²) in [5.41, 5.74) is 1.85. The molecular weight excluding hydrogens is 299 g/mol. The summed E-state index contributed by atoms with van der Waals surface area (Å²) in [6.45, 7) is 3.10. The van der Waals surface area contributed by atoms with Crippen LogP contribution in [0.5, 0.6) is 5.75 Å². The smallest absolute Gasteiger partial charge is 0.415 e. The lowest BCUT2D eigenvalue weighted by Gasteiger charge is -2.24. The summed E-state index contributed by atoms with van der Waals surface area (Å²) in [6, 6.07) is 5.64.